The minimum atomic E-state index is -0.531. The SMILES string of the molecule is COc1cc(F)c2c(c1O)[C@@]13CCN(C)[C@@H](C2)C1CC(OC)C(=O)C3. The van der Waals surface area contributed by atoms with E-state index in [2.05, 4.69) is 11.9 Å². The second kappa shape index (κ2) is 5.68. The molecule has 1 saturated carbocycles. The highest BCUT2D eigenvalue weighted by molar-refractivity contribution is 5.86. The number of aromatic hydroxyl groups is 1. The molecule has 1 saturated heterocycles. The third-order valence-electron chi connectivity index (χ3n) is 6.70. The van der Waals surface area contributed by atoms with Crippen LogP contribution in [0.1, 0.15) is 30.4 Å². The highest BCUT2D eigenvalue weighted by Gasteiger charge is 2.59. The zero-order valence-corrected chi connectivity index (χ0v) is 14.8. The van der Waals surface area contributed by atoms with E-state index in [1.165, 1.54) is 13.2 Å². The van der Waals surface area contributed by atoms with Crippen molar-refractivity contribution in [2.45, 2.75) is 43.2 Å². The van der Waals surface area contributed by atoms with Crippen molar-refractivity contribution < 1.29 is 23.8 Å². The number of halogens is 1. The number of likely N-dealkylation sites (tertiary alicyclic amines) is 1. The molecule has 2 fully saturated rings. The van der Waals surface area contributed by atoms with Gasteiger partial charge in [-0.3, -0.25) is 4.79 Å². The van der Waals surface area contributed by atoms with Gasteiger partial charge in [-0.25, -0.2) is 4.39 Å². The Balaban J connectivity index is 1.95. The Morgan fingerprint density at radius 1 is 1.40 bits per heavy atom. The Hall–Kier alpha value is -1.66. The van der Waals surface area contributed by atoms with Crippen molar-refractivity contribution >= 4 is 5.78 Å². The minimum absolute atomic E-state index is 0.00410. The van der Waals surface area contributed by atoms with Gasteiger partial charge in [-0.2, -0.15) is 0 Å². The lowest BCUT2D eigenvalue weighted by atomic mass is 9.51. The monoisotopic (exact) mass is 349 g/mol. The van der Waals surface area contributed by atoms with Gasteiger partial charge in [0.25, 0.3) is 0 Å². The fourth-order valence-corrected chi connectivity index (χ4v) is 5.47. The van der Waals surface area contributed by atoms with E-state index in [1.54, 1.807) is 7.11 Å². The van der Waals surface area contributed by atoms with Crippen LogP contribution in [0.15, 0.2) is 6.07 Å². The maximum atomic E-state index is 14.8. The van der Waals surface area contributed by atoms with Crippen LogP contribution in [0.4, 0.5) is 4.39 Å². The summed E-state index contributed by atoms with van der Waals surface area (Å²) < 4.78 is 25.4. The van der Waals surface area contributed by atoms with E-state index in [9.17, 15) is 14.3 Å². The van der Waals surface area contributed by atoms with Crippen LogP contribution in [0.3, 0.4) is 0 Å². The molecular formula is C19H24FNO4. The molecule has 2 bridgehead atoms. The van der Waals surface area contributed by atoms with Crippen molar-refractivity contribution in [3.8, 4) is 11.5 Å². The van der Waals surface area contributed by atoms with Gasteiger partial charge in [0.15, 0.2) is 17.3 Å². The zero-order chi connectivity index (χ0) is 17.9. The van der Waals surface area contributed by atoms with E-state index in [1.807, 2.05) is 0 Å². The Bertz CT molecular complexity index is 737. The molecule has 2 unspecified atom stereocenters. The van der Waals surface area contributed by atoms with Crippen molar-refractivity contribution in [1.29, 1.82) is 0 Å². The Labute approximate surface area is 146 Å². The Kier molecular flexibility index (Phi) is 3.81. The summed E-state index contributed by atoms with van der Waals surface area (Å²) in [6.07, 6.45) is 1.74. The van der Waals surface area contributed by atoms with E-state index in [4.69, 9.17) is 9.47 Å². The first-order valence-electron chi connectivity index (χ1n) is 8.77. The smallest absolute Gasteiger partial charge is 0.163 e. The van der Waals surface area contributed by atoms with E-state index in [0.717, 1.165) is 13.0 Å². The molecule has 1 heterocycles. The third-order valence-corrected chi connectivity index (χ3v) is 6.70. The number of carbonyl (C=O) groups excluding carboxylic acids is 1. The molecule has 1 aliphatic heterocycles. The fourth-order valence-electron chi connectivity index (χ4n) is 5.47. The number of fused-ring (bicyclic) bond motifs is 1. The molecular weight excluding hydrogens is 325 g/mol. The number of rotatable bonds is 2. The third kappa shape index (κ3) is 2.16. The van der Waals surface area contributed by atoms with E-state index >= 15 is 0 Å². The highest BCUT2D eigenvalue weighted by atomic mass is 19.1. The van der Waals surface area contributed by atoms with Crippen molar-refractivity contribution in [3.63, 3.8) is 0 Å². The number of carbonyl (C=O) groups is 1. The number of piperidine rings is 1. The number of nitrogens with zero attached hydrogens (tertiary/aromatic N) is 1. The predicted octanol–water partition coefficient (Wildman–Crippen LogP) is 2.03. The number of hydrogen-bond donors (Lipinski definition) is 1. The average Bonchev–Trinajstić information content (AvgIpc) is 2.59. The molecule has 0 radical (unpaired) electrons. The first kappa shape index (κ1) is 16.8. The normalized spacial score (nSPS) is 34.4. The van der Waals surface area contributed by atoms with Gasteiger partial charge >= 0.3 is 0 Å². The molecule has 4 rings (SSSR count). The van der Waals surface area contributed by atoms with Crippen molar-refractivity contribution in [2.24, 2.45) is 5.92 Å². The molecule has 4 atom stereocenters. The van der Waals surface area contributed by atoms with Crippen LogP contribution in [0, 0.1) is 11.7 Å². The van der Waals surface area contributed by atoms with E-state index in [-0.39, 0.29) is 41.5 Å². The summed E-state index contributed by atoms with van der Waals surface area (Å²) in [6.45, 7) is 0.823. The number of hydrogen-bond acceptors (Lipinski definition) is 5. The summed E-state index contributed by atoms with van der Waals surface area (Å²) in [5, 5.41) is 10.8. The number of likely N-dealkylation sites (N-methyl/N-ethyl adjacent to an activating group) is 1. The predicted molar refractivity (Wildman–Crippen MR) is 89.6 cm³/mol. The lowest BCUT2D eigenvalue weighted by Gasteiger charge is -2.58. The second-order valence-electron chi connectivity index (χ2n) is 7.63. The van der Waals surface area contributed by atoms with Gasteiger partial charge in [0.2, 0.25) is 0 Å². The Morgan fingerprint density at radius 2 is 2.16 bits per heavy atom. The molecule has 0 spiro atoms. The number of benzene rings is 1. The molecule has 2 aliphatic carbocycles. The van der Waals surface area contributed by atoms with Gasteiger partial charge in [0, 0.05) is 36.6 Å². The van der Waals surface area contributed by atoms with Gasteiger partial charge in [0.1, 0.15) is 11.9 Å². The Morgan fingerprint density at radius 3 is 2.84 bits per heavy atom. The second-order valence-corrected chi connectivity index (χ2v) is 7.63. The summed E-state index contributed by atoms with van der Waals surface area (Å²) in [4.78, 5) is 14.9. The van der Waals surface area contributed by atoms with Crippen LogP contribution in [0.5, 0.6) is 11.5 Å². The van der Waals surface area contributed by atoms with Crippen molar-refractivity contribution in [2.75, 3.05) is 27.8 Å². The number of ether oxygens (including phenoxy) is 2. The number of phenolic OH excluding ortho intramolecular Hbond substituents is 1. The number of Topliss-reactive ketones (excluding diaryl/α,β-unsaturated/α-hetero) is 1. The molecule has 5 nitrogen and oxygen atoms in total. The molecule has 136 valence electrons. The van der Waals surface area contributed by atoms with E-state index < -0.39 is 11.5 Å². The van der Waals surface area contributed by atoms with Crippen LogP contribution in [-0.2, 0) is 21.4 Å². The molecule has 0 amide bonds. The molecule has 1 N–H and O–H groups in total. The van der Waals surface area contributed by atoms with Crippen LogP contribution < -0.4 is 4.74 Å². The highest BCUT2D eigenvalue weighted by Crippen LogP contribution is 2.59. The first-order chi connectivity index (χ1) is 11.9. The van der Waals surface area contributed by atoms with Crippen molar-refractivity contribution in [3.05, 3.63) is 23.0 Å². The van der Waals surface area contributed by atoms with Gasteiger partial charge in [0.05, 0.1) is 7.11 Å². The van der Waals surface area contributed by atoms with Crippen LogP contribution in [-0.4, -0.2) is 55.7 Å². The summed E-state index contributed by atoms with van der Waals surface area (Å²) in [7, 11) is 5.04. The van der Waals surface area contributed by atoms with Crippen LogP contribution >= 0.6 is 0 Å². The van der Waals surface area contributed by atoms with E-state index in [0.29, 0.717) is 24.0 Å². The summed E-state index contributed by atoms with van der Waals surface area (Å²) in [5.41, 5.74) is 0.604. The lowest BCUT2D eigenvalue weighted by Crippen LogP contribution is -2.63. The van der Waals surface area contributed by atoms with Crippen LogP contribution in [0.25, 0.3) is 0 Å². The number of ketones is 1. The fraction of sp³-hybridized carbons (Fsp3) is 0.632. The molecule has 25 heavy (non-hydrogen) atoms. The lowest BCUT2D eigenvalue weighted by molar-refractivity contribution is -0.141. The molecule has 1 aromatic rings. The zero-order valence-electron chi connectivity index (χ0n) is 14.8. The molecule has 0 aromatic heterocycles. The van der Waals surface area contributed by atoms with Gasteiger partial charge in [-0.05, 0) is 44.3 Å². The van der Waals surface area contributed by atoms with Gasteiger partial charge in [-0.15, -0.1) is 0 Å². The maximum absolute atomic E-state index is 14.8. The largest absolute Gasteiger partial charge is 0.504 e. The number of methoxy groups -OCH3 is 2. The summed E-state index contributed by atoms with van der Waals surface area (Å²) >= 11 is 0. The number of phenols is 1. The molecule has 6 heteroatoms. The molecule has 1 aromatic carbocycles. The maximum Gasteiger partial charge on any atom is 0.163 e. The van der Waals surface area contributed by atoms with Gasteiger partial charge < -0.3 is 19.5 Å². The summed E-state index contributed by atoms with van der Waals surface area (Å²) in [6, 6.07) is 1.40. The topological polar surface area (TPSA) is 59.0 Å². The first-order valence-corrected chi connectivity index (χ1v) is 8.77. The van der Waals surface area contributed by atoms with Gasteiger partial charge in [-0.1, -0.05) is 0 Å². The average molecular weight is 349 g/mol. The summed E-state index contributed by atoms with van der Waals surface area (Å²) in [5.74, 6) is -0.0286. The van der Waals surface area contributed by atoms with Crippen LogP contribution in [0.2, 0.25) is 0 Å². The van der Waals surface area contributed by atoms with Crippen molar-refractivity contribution in [1.82, 2.24) is 4.90 Å². The standard InChI is InChI=1S/C19H24FNO4/c1-21-5-4-19-9-14(22)15(24-2)7-11(19)13(21)6-10-12(20)8-16(25-3)18(23)17(10)19/h8,11,13,15,23H,4-7,9H2,1-3H3/t11?,13-,15?,19+/m0/s1. The quantitative estimate of drug-likeness (QED) is 0.885. The minimum Gasteiger partial charge on any atom is -0.504 e. The molecule has 3 aliphatic rings.